The molecule has 2 N–H and O–H groups in total. The predicted molar refractivity (Wildman–Crippen MR) is 60.7 cm³/mol. The molecule has 0 amide bonds. The van der Waals surface area contributed by atoms with E-state index >= 15 is 0 Å². The van der Waals surface area contributed by atoms with Gasteiger partial charge in [0.25, 0.3) is 0 Å². The molecule has 0 bridgehead atoms. The van der Waals surface area contributed by atoms with E-state index < -0.39 is 11.7 Å². The zero-order valence-corrected chi connectivity index (χ0v) is 9.28. The van der Waals surface area contributed by atoms with E-state index in [1.807, 2.05) is 0 Å². The molecule has 0 aliphatic carbocycles. The molecule has 0 saturated carbocycles. The van der Waals surface area contributed by atoms with Gasteiger partial charge in [-0.15, -0.1) is 0 Å². The maximum atomic E-state index is 12.6. The Balaban J connectivity index is 2.32. The van der Waals surface area contributed by atoms with Gasteiger partial charge < -0.3 is 5.73 Å². The van der Waals surface area contributed by atoms with Crippen LogP contribution in [0.5, 0.6) is 0 Å². The maximum absolute atomic E-state index is 12.6. The van der Waals surface area contributed by atoms with E-state index in [9.17, 15) is 13.2 Å². The minimum Gasteiger partial charge on any atom is -0.384 e. The highest BCUT2D eigenvalue weighted by Crippen LogP contribution is 2.30. The van der Waals surface area contributed by atoms with Crippen molar-refractivity contribution in [2.24, 2.45) is 0 Å². The molecule has 94 valence electrons. The van der Waals surface area contributed by atoms with Crippen LogP contribution in [0.15, 0.2) is 36.7 Å². The lowest BCUT2D eigenvalue weighted by atomic mass is 10.1. The lowest BCUT2D eigenvalue weighted by Gasteiger charge is -2.09. The molecule has 0 atom stereocenters. The number of halogens is 3. The minimum atomic E-state index is -4.41. The van der Waals surface area contributed by atoms with Gasteiger partial charge in [0, 0.05) is 24.5 Å². The van der Waals surface area contributed by atoms with Crippen LogP contribution in [0.2, 0.25) is 0 Å². The van der Waals surface area contributed by atoms with Gasteiger partial charge in [0.05, 0.1) is 5.56 Å². The van der Waals surface area contributed by atoms with Crippen molar-refractivity contribution in [2.45, 2.75) is 12.6 Å². The summed E-state index contributed by atoms with van der Waals surface area (Å²) < 4.78 is 37.8. The molecular formula is C12H10F3N3. The van der Waals surface area contributed by atoms with Gasteiger partial charge >= 0.3 is 6.18 Å². The summed E-state index contributed by atoms with van der Waals surface area (Å²) >= 11 is 0. The highest BCUT2D eigenvalue weighted by molar-refractivity contribution is 5.37. The second-order valence-electron chi connectivity index (χ2n) is 3.80. The third-order valence-corrected chi connectivity index (χ3v) is 2.36. The number of rotatable bonds is 2. The molecule has 0 aliphatic heterocycles. The lowest BCUT2D eigenvalue weighted by molar-refractivity contribution is -0.137. The first-order valence-corrected chi connectivity index (χ1v) is 5.18. The molecule has 0 saturated heterocycles. The zero-order chi connectivity index (χ0) is 13.2. The van der Waals surface area contributed by atoms with Crippen LogP contribution in [0.25, 0.3) is 0 Å². The van der Waals surface area contributed by atoms with Gasteiger partial charge in [-0.25, -0.2) is 4.98 Å². The van der Waals surface area contributed by atoms with Crippen molar-refractivity contribution >= 4 is 5.82 Å². The molecule has 2 heterocycles. The first-order valence-electron chi connectivity index (χ1n) is 5.18. The van der Waals surface area contributed by atoms with Gasteiger partial charge in [-0.3, -0.25) is 4.98 Å². The largest absolute Gasteiger partial charge is 0.416 e. The number of pyridine rings is 2. The van der Waals surface area contributed by atoms with Crippen LogP contribution < -0.4 is 5.73 Å². The average Bonchev–Trinajstić information content (AvgIpc) is 2.28. The SMILES string of the molecule is Nc1cc(C(F)(F)F)cc(Cc2ccncc2)n1. The van der Waals surface area contributed by atoms with Crippen LogP contribution >= 0.6 is 0 Å². The molecule has 18 heavy (non-hydrogen) atoms. The van der Waals surface area contributed by atoms with Crippen LogP contribution in [0, 0.1) is 0 Å². The Morgan fingerprint density at radius 2 is 1.78 bits per heavy atom. The number of nitrogens with two attached hydrogens (primary N) is 1. The van der Waals surface area contributed by atoms with E-state index in [0.29, 0.717) is 0 Å². The Bertz CT molecular complexity index is 538. The number of nitrogen functional groups attached to an aromatic ring is 1. The third-order valence-electron chi connectivity index (χ3n) is 2.36. The van der Waals surface area contributed by atoms with E-state index in [4.69, 9.17) is 5.73 Å². The fourth-order valence-corrected chi connectivity index (χ4v) is 1.57. The van der Waals surface area contributed by atoms with Gasteiger partial charge in [0.15, 0.2) is 0 Å². The van der Waals surface area contributed by atoms with Crippen molar-refractivity contribution in [3.05, 3.63) is 53.5 Å². The summed E-state index contributed by atoms with van der Waals surface area (Å²) in [6.45, 7) is 0. The fourth-order valence-electron chi connectivity index (χ4n) is 1.57. The Hall–Kier alpha value is -2.11. The summed E-state index contributed by atoms with van der Waals surface area (Å²) in [4.78, 5) is 7.74. The molecule has 2 aromatic heterocycles. The highest BCUT2D eigenvalue weighted by Gasteiger charge is 2.31. The summed E-state index contributed by atoms with van der Waals surface area (Å²) in [6, 6.07) is 5.28. The van der Waals surface area contributed by atoms with Crippen molar-refractivity contribution in [1.29, 1.82) is 0 Å². The number of aromatic nitrogens is 2. The molecular weight excluding hydrogens is 243 g/mol. The molecule has 0 aromatic carbocycles. The van der Waals surface area contributed by atoms with Gasteiger partial charge in [-0.1, -0.05) is 0 Å². The van der Waals surface area contributed by atoms with Crippen molar-refractivity contribution in [3.63, 3.8) is 0 Å². The Labute approximate surface area is 101 Å². The molecule has 2 rings (SSSR count). The molecule has 0 fully saturated rings. The minimum absolute atomic E-state index is 0.131. The van der Waals surface area contributed by atoms with Crippen molar-refractivity contribution in [1.82, 2.24) is 9.97 Å². The maximum Gasteiger partial charge on any atom is 0.416 e. The number of alkyl halides is 3. The monoisotopic (exact) mass is 253 g/mol. The van der Waals surface area contributed by atoms with Crippen molar-refractivity contribution in [3.8, 4) is 0 Å². The molecule has 0 spiro atoms. The smallest absolute Gasteiger partial charge is 0.384 e. The Morgan fingerprint density at radius 1 is 1.11 bits per heavy atom. The predicted octanol–water partition coefficient (Wildman–Crippen LogP) is 2.67. The van der Waals surface area contributed by atoms with Gasteiger partial charge in [0.2, 0.25) is 0 Å². The molecule has 0 unspecified atom stereocenters. The normalized spacial score (nSPS) is 11.5. The average molecular weight is 253 g/mol. The van der Waals surface area contributed by atoms with Crippen LogP contribution in [0.3, 0.4) is 0 Å². The van der Waals surface area contributed by atoms with Gasteiger partial charge in [-0.2, -0.15) is 13.2 Å². The molecule has 0 radical (unpaired) electrons. The van der Waals surface area contributed by atoms with E-state index in [2.05, 4.69) is 9.97 Å². The fraction of sp³-hybridized carbons (Fsp3) is 0.167. The summed E-state index contributed by atoms with van der Waals surface area (Å²) in [6.07, 6.45) is -0.973. The van der Waals surface area contributed by atoms with Crippen LogP contribution in [0.4, 0.5) is 19.0 Å². The number of nitrogens with zero attached hydrogens (tertiary/aromatic N) is 2. The highest BCUT2D eigenvalue weighted by atomic mass is 19.4. The number of hydrogen-bond acceptors (Lipinski definition) is 3. The summed E-state index contributed by atoms with van der Waals surface area (Å²) in [7, 11) is 0. The third kappa shape index (κ3) is 2.97. The summed E-state index contributed by atoms with van der Waals surface area (Å²) in [5, 5.41) is 0. The van der Waals surface area contributed by atoms with Gasteiger partial charge in [0.1, 0.15) is 5.82 Å². The second-order valence-corrected chi connectivity index (χ2v) is 3.80. The number of hydrogen-bond donors (Lipinski definition) is 1. The van der Waals surface area contributed by atoms with Crippen molar-refractivity contribution < 1.29 is 13.2 Å². The molecule has 3 nitrogen and oxygen atoms in total. The summed E-state index contributed by atoms with van der Waals surface area (Å²) in [5.74, 6) is -0.131. The quantitative estimate of drug-likeness (QED) is 0.895. The van der Waals surface area contributed by atoms with E-state index in [1.54, 1.807) is 24.5 Å². The van der Waals surface area contributed by atoms with Crippen molar-refractivity contribution in [2.75, 3.05) is 5.73 Å². The second kappa shape index (κ2) is 4.64. The standard InChI is InChI=1S/C12H10F3N3/c13-12(14,15)9-6-10(18-11(16)7-9)5-8-1-3-17-4-2-8/h1-4,6-7H,5H2,(H2,16,18). The van der Waals surface area contributed by atoms with Crippen LogP contribution in [-0.2, 0) is 12.6 Å². The van der Waals surface area contributed by atoms with Crippen LogP contribution in [0.1, 0.15) is 16.8 Å². The first kappa shape index (κ1) is 12.3. The number of anilines is 1. The Morgan fingerprint density at radius 3 is 2.39 bits per heavy atom. The topological polar surface area (TPSA) is 51.8 Å². The van der Waals surface area contributed by atoms with E-state index in [0.717, 1.165) is 17.7 Å². The Kier molecular flexibility index (Phi) is 3.18. The lowest BCUT2D eigenvalue weighted by Crippen LogP contribution is -2.08. The van der Waals surface area contributed by atoms with Crippen LogP contribution in [-0.4, -0.2) is 9.97 Å². The van der Waals surface area contributed by atoms with E-state index in [-0.39, 0.29) is 17.9 Å². The summed E-state index contributed by atoms with van der Waals surface area (Å²) in [5.41, 5.74) is 5.72. The van der Waals surface area contributed by atoms with E-state index in [1.165, 1.54) is 0 Å². The van der Waals surface area contributed by atoms with Gasteiger partial charge in [-0.05, 0) is 29.8 Å². The first-order chi connectivity index (χ1) is 8.45. The molecule has 0 aliphatic rings. The molecule has 6 heteroatoms. The zero-order valence-electron chi connectivity index (χ0n) is 9.28. The molecule has 2 aromatic rings.